The van der Waals surface area contributed by atoms with Gasteiger partial charge in [-0.15, -0.1) is 0 Å². The molecule has 132 valence electrons. The van der Waals surface area contributed by atoms with Crippen molar-refractivity contribution in [3.8, 4) is 0 Å². The first-order chi connectivity index (χ1) is 12.3. The number of quaternary nitrogens is 1. The minimum atomic E-state index is -0.177. The van der Waals surface area contributed by atoms with Crippen LogP contribution in [0.5, 0.6) is 0 Å². The van der Waals surface area contributed by atoms with E-state index in [0.29, 0.717) is 12.5 Å². The minimum Gasteiger partial charge on any atom is -0.450 e. The number of hydrogen-bond donors (Lipinski definition) is 1. The lowest BCUT2D eigenvalue weighted by Gasteiger charge is -2.33. The van der Waals surface area contributed by atoms with Gasteiger partial charge in [0.05, 0.1) is 45.2 Å². The summed E-state index contributed by atoms with van der Waals surface area (Å²) in [7, 11) is 0. The monoisotopic (exact) mass is 339 g/mol. The average molecular weight is 339 g/mol. The van der Waals surface area contributed by atoms with Gasteiger partial charge >= 0.3 is 6.09 Å². The minimum absolute atomic E-state index is 0.177. The molecule has 1 saturated heterocycles. The van der Waals surface area contributed by atoms with Gasteiger partial charge in [0.2, 0.25) is 0 Å². The van der Waals surface area contributed by atoms with E-state index in [2.05, 4.69) is 60.7 Å². The molecule has 2 aromatic rings. The van der Waals surface area contributed by atoms with E-state index in [0.717, 1.165) is 32.7 Å². The lowest BCUT2D eigenvalue weighted by molar-refractivity contribution is -0.904. The highest BCUT2D eigenvalue weighted by Gasteiger charge is 2.27. The molecular weight excluding hydrogens is 312 g/mol. The van der Waals surface area contributed by atoms with Crippen LogP contribution in [0.25, 0.3) is 0 Å². The Labute approximate surface area is 150 Å². The van der Waals surface area contributed by atoms with E-state index >= 15 is 0 Å². The van der Waals surface area contributed by atoms with E-state index in [1.165, 1.54) is 11.1 Å². The topological polar surface area (TPSA) is 34.0 Å². The number of hydrogen-bond acceptors (Lipinski definition) is 2. The number of carbonyl (C=O) groups is 1. The van der Waals surface area contributed by atoms with Crippen molar-refractivity contribution in [3.63, 3.8) is 0 Å². The zero-order valence-electron chi connectivity index (χ0n) is 14.9. The van der Waals surface area contributed by atoms with Crippen LogP contribution < -0.4 is 4.90 Å². The number of ether oxygens (including phenoxy) is 1. The number of carbonyl (C=O) groups excluding carboxylic acids is 1. The quantitative estimate of drug-likeness (QED) is 0.906. The second-order valence-electron chi connectivity index (χ2n) is 6.51. The summed E-state index contributed by atoms with van der Waals surface area (Å²) < 4.78 is 5.11. The van der Waals surface area contributed by atoms with Crippen LogP contribution in [0.4, 0.5) is 4.79 Å². The Morgan fingerprint density at radius 2 is 1.52 bits per heavy atom. The Hall–Kier alpha value is -2.33. The number of nitrogens with one attached hydrogen (secondary N) is 1. The van der Waals surface area contributed by atoms with E-state index in [1.807, 2.05) is 11.8 Å². The van der Waals surface area contributed by atoms with Crippen LogP contribution >= 0.6 is 0 Å². The Bertz CT molecular complexity index is 613. The second kappa shape index (κ2) is 8.67. The maximum absolute atomic E-state index is 11.9. The molecule has 0 spiro atoms. The normalized spacial score (nSPS) is 15.4. The third-order valence-corrected chi connectivity index (χ3v) is 4.89. The summed E-state index contributed by atoms with van der Waals surface area (Å²) in [5.74, 6) is 0.381. The summed E-state index contributed by atoms with van der Waals surface area (Å²) in [5.41, 5.74) is 2.71. The molecule has 0 unspecified atom stereocenters. The molecule has 0 atom stereocenters. The highest BCUT2D eigenvalue weighted by Crippen LogP contribution is 2.23. The first-order valence-corrected chi connectivity index (χ1v) is 9.13. The van der Waals surface area contributed by atoms with Gasteiger partial charge in [0, 0.05) is 0 Å². The van der Waals surface area contributed by atoms with Crippen molar-refractivity contribution in [1.29, 1.82) is 0 Å². The van der Waals surface area contributed by atoms with E-state index in [-0.39, 0.29) is 6.09 Å². The van der Waals surface area contributed by atoms with Crippen LogP contribution in [-0.4, -0.2) is 50.3 Å². The molecule has 3 rings (SSSR count). The predicted molar refractivity (Wildman–Crippen MR) is 98.9 cm³/mol. The summed E-state index contributed by atoms with van der Waals surface area (Å²) in [5, 5.41) is 0. The molecule has 1 fully saturated rings. The zero-order valence-corrected chi connectivity index (χ0v) is 14.9. The van der Waals surface area contributed by atoms with Crippen molar-refractivity contribution in [2.24, 2.45) is 0 Å². The van der Waals surface area contributed by atoms with E-state index in [4.69, 9.17) is 4.74 Å². The van der Waals surface area contributed by atoms with Gasteiger partial charge in [0.25, 0.3) is 0 Å². The van der Waals surface area contributed by atoms with Gasteiger partial charge in [0.15, 0.2) is 0 Å². The van der Waals surface area contributed by atoms with Gasteiger partial charge in [-0.3, -0.25) is 4.90 Å². The van der Waals surface area contributed by atoms with Crippen LogP contribution in [0.1, 0.15) is 24.0 Å². The van der Waals surface area contributed by atoms with E-state index in [1.54, 1.807) is 4.90 Å². The Morgan fingerprint density at radius 3 is 2.00 bits per heavy atom. The molecule has 25 heavy (non-hydrogen) atoms. The third kappa shape index (κ3) is 4.60. The third-order valence-electron chi connectivity index (χ3n) is 4.89. The maximum Gasteiger partial charge on any atom is 0.410 e. The molecule has 1 aliphatic heterocycles. The van der Waals surface area contributed by atoms with Crippen LogP contribution in [0.3, 0.4) is 0 Å². The molecule has 4 heteroatoms. The molecule has 1 heterocycles. The van der Waals surface area contributed by atoms with Crippen molar-refractivity contribution in [2.45, 2.75) is 12.8 Å². The van der Waals surface area contributed by atoms with Crippen molar-refractivity contribution >= 4 is 6.09 Å². The SMILES string of the molecule is CCOC(=O)N1CC[NH+](CC(c2ccccc2)c2ccccc2)CC1. The summed E-state index contributed by atoms with van der Waals surface area (Å²) in [6.07, 6.45) is -0.177. The molecule has 1 N–H and O–H groups in total. The smallest absolute Gasteiger partial charge is 0.410 e. The number of benzene rings is 2. The maximum atomic E-state index is 11.9. The van der Waals surface area contributed by atoms with Crippen LogP contribution in [0, 0.1) is 0 Å². The molecule has 1 aliphatic rings. The molecule has 0 aromatic heterocycles. The summed E-state index contributed by atoms with van der Waals surface area (Å²) >= 11 is 0. The van der Waals surface area contributed by atoms with Gasteiger partial charge in [-0.25, -0.2) is 4.79 Å². The van der Waals surface area contributed by atoms with Gasteiger partial charge in [-0.1, -0.05) is 60.7 Å². The van der Waals surface area contributed by atoms with Crippen molar-refractivity contribution in [3.05, 3.63) is 71.8 Å². The Morgan fingerprint density at radius 1 is 1.00 bits per heavy atom. The van der Waals surface area contributed by atoms with Crippen molar-refractivity contribution < 1.29 is 14.4 Å². The fraction of sp³-hybridized carbons (Fsp3) is 0.381. The molecule has 0 bridgehead atoms. The number of rotatable bonds is 5. The van der Waals surface area contributed by atoms with Gasteiger partial charge in [-0.2, -0.15) is 0 Å². The first-order valence-electron chi connectivity index (χ1n) is 9.13. The summed E-state index contributed by atoms with van der Waals surface area (Å²) in [6.45, 7) is 6.81. The molecular formula is C21H27N2O2+. The lowest BCUT2D eigenvalue weighted by Crippen LogP contribution is -3.15. The fourth-order valence-electron chi connectivity index (χ4n) is 3.51. The van der Waals surface area contributed by atoms with Crippen LogP contribution in [-0.2, 0) is 4.74 Å². The van der Waals surface area contributed by atoms with Crippen LogP contribution in [0.15, 0.2) is 60.7 Å². The number of piperazine rings is 1. The molecule has 2 aromatic carbocycles. The highest BCUT2D eigenvalue weighted by molar-refractivity contribution is 5.67. The molecule has 4 nitrogen and oxygen atoms in total. The number of amides is 1. The average Bonchev–Trinajstić information content (AvgIpc) is 2.68. The van der Waals surface area contributed by atoms with E-state index in [9.17, 15) is 4.79 Å². The van der Waals surface area contributed by atoms with Gasteiger partial charge in [0.1, 0.15) is 0 Å². The Balaban J connectivity index is 1.67. The van der Waals surface area contributed by atoms with E-state index < -0.39 is 0 Å². The molecule has 0 radical (unpaired) electrons. The second-order valence-corrected chi connectivity index (χ2v) is 6.51. The predicted octanol–water partition coefficient (Wildman–Crippen LogP) is 2.18. The fourth-order valence-corrected chi connectivity index (χ4v) is 3.51. The van der Waals surface area contributed by atoms with Crippen molar-refractivity contribution in [1.82, 2.24) is 4.90 Å². The van der Waals surface area contributed by atoms with Crippen molar-refractivity contribution in [2.75, 3.05) is 39.3 Å². The highest BCUT2D eigenvalue weighted by atomic mass is 16.6. The Kier molecular flexibility index (Phi) is 6.07. The summed E-state index contributed by atoms with van der Waals surface area (Å²) in [4.78, 5) is 15.2. The largest absolute Gasteiger partial charge is 0.450 e. The molecule has 1 amide bonds. The molecule has 0 aliphatic carbocycles. The summed E-state index contributed by atoms with van der Waals surface area (Å²) in [6, 6.07) is 21.4. The number of nitrogens with zero attached hydrogens (tertiary/aromatic N) is 1. The standard InChI is InChI=1S/C21H26N2O2/c1-2-25-21(24)23-15-13-22(14-16-23)17-20(18-9-5-3-6-10-18)19-11-7-4-8-12-19/h3-12,20H,2,13-17H2,1H3/p+1. The zero-order chi connectivity index (χ0) is 17.5. The van der Waals surface area contributed by atoms with Gasteiger partial charge in [-0.05, 0) is 18.1 Å². The first kappa shape index (κ1) is 17.5. The van der Waals surface area contributed by atoms with Crippen LogP contribution in [0.2, 0.25) is 0 Å². The lowest BCUT2D eigenvalue weighted by atomic mass is 9.90. The molecule has 0 saturated carbocycles. The van der Waals surface area contributed by atoms with Gasteiger partial charge < -0.3 is 9.64 Å².